The lowest BCUT2D eigenvalue weighted by Crippen LogP contribution is -2.47. The summed E-state index contributed by atoms with van der Waals surface area (Å²) in [7, 11) is 3.78. The minimum absolute atomic E-state index is 0.0414. The van der Waals surface area contributed by atoms with E-state index in [1.54, 1.807) is 28.0 Å². The Kier molecular flexibility index (Phi) is 6.01. The van der Waals surface area contributed by atoms with Gasteiger partial charge in [0.05, 0.1) is 12.5 Å². The highest BCUT2D eigenvalue weighted by atomic mass is 19.1. The van der Waals surface area contributed by atoms with E-state index in [-0.39, 0.29) is 30.2 Å². The zero-order chi connectivity index (χ0) is 22.0. The van der Waals surface area contributed by atoms with Crippen molar-refractivity contribution in [2.24, 2.45) is 5.92 Å². The third kappa shape index (κ3) is 4.76. The van der Waals surface area contributed by atoms with Crippen molar-refractivity contribution in [2.45, 2.75) is 25.4 Å². The number of nitrogens with zero attached hydrogens (tertiary/aromatic N) is 5. The number of rotatable bonds is 5. The third-order valence-corrected chi connectivity index (χ3v) is 5.67. The van der Waals surface area contributed by atoms with Crippen LogP contribution in [0.3, 0.4) is 0 Å². The fourth-order valence-electron chi connectivity index (χ4n) is 4.02. The number of amides is 2. The second-order valence-electron chi connectivity index (χ2n) is 8.17. The van der Waals surface area contributed by atoms with E-state index < -0.39 is 5.92 Å². The van der Waals surface area contributed by atoms with Gasteiger partial charge in [0.2, 0.25) is 17.7 Å². The molecule has 2 aromatic rings. The van der Waals surface area contributed by atoms with Crippen molar-refractivity contribution in [3.63, 3.8) is 0 Å². The van der Waals surface area contributed by atoms with E-state index in [4.69, 9.17) is 4.74 Å². The molecule has 4 rings (SSSR count). The summed E-state index contributed by atoms with van der Waals surface area (Å²) < 4.78 is 19.1. The molecule has 2 saturated heterocycles. The number of likely N-dealkylation sites (tertiary alicyclic amines) is 1. The van der Waals surface area contributed by atoms with Crippen molar-refractivity contribution >= 4 is 23.3 Å². The monoisotopic (exact) mass is 427 g/mol. The Labute approximate surface area is 180 Å². The molecule has 0 radical (unpaired) electrons. The van der Waals surface area contributed by atoms with Gasteiger partial charge in [-0.25, -0.2) is 4.39 Å². The first-order valence-corrected chi connectivity index (χ1v) is 10.4. The summed E-state index contributed by atoms with van der Waals surface area (Å²) in [5.41, 5.74) is 0.612. The van der Waals surface area contributed by atoms with Crippen LogP contribution in [0.4, 0.5) is 15.9 Å². The number of halogens is 1. The van der Waals surface area contributed by atoms with E-state index >= 15 is 0 Å². The smallest absolute Gasteiger partial charge is 0.233 e. The van der Waals surface area contributed by atoms with Crippen molar-refractivity contribution in [3.05, 3.63) is 42.2 Å². The summed E-state index contributed by atoms with van der Waals surface area (Å²) >= 11 is 0. The normalized spacial score (nSPS) is 21.3. The number of piperidine rings is 1. The molecule has 0 aliphatic carbocycles. The maximum atomic E-state index is 13.2. The summed E-state index contributed by atoms with van der Waals surface area (Å²) in [6.07, 6.45) is 1.65. The fraction of sp³-hybridized carbons (Fsp3) is 0.455. The minimum atomic E-state index is -0.407. The molecule has 1 aromatic carbocycles. The number of benzene rings is 1. The van der Waals surface area contributed by atoms with Crippen LogP contribution in [-0.4, -0.2) is 66.7 Å². The average molecular weight is 427 g/mol. The number of carbonyl (C=O) groups excluding carboxylic acids is 2. The summed E-state index contributed by atoms with van der Waals surface area (Å²) in [5, 5.41) is 8.22. The zero-order valence-corrected chi connectivity index (χ0v) is 17.7. The Morgan fingerprint density at radius 2 is 1.90 bits per heavy atom. The first kappa shape index (κ1) is 21.0. The second-order valence-corrected chi connectivity index (χ2v) is 8.17. The van der Waals surface area contributed by atoms with E-state index in [1.807, 2.05) is 25.1 Å². The molecule has 164 valence electrons. The molecular weight excluding hydrogens is 401 g/mol. The van der Waals surface area contributed by atoms with Gasteiger partial charge < -0.3 is 19.4 Å². The van der Waals surface area contributed by atoms with E-state index in [1.165, 1.54) is 12.1 Å². The van der Waals surface area contributed by atoms with E-state index in [9.17, 15) is 14.0 Å². The fourth-order valence-corrected chi connectivity index (χ4v) is 4.02. The average Bonchev–Trinajstić information content (AvgIpc) is 3.16. The summed E-state index contributed by atoms with van der Waals surface area (Å²) in [6, 6.07) is 9.37. The molecule has 0 bridgehead atoms. The highest BCUT2D eigenvalue weighted by Crippen LogP contribution is 2.28. The lowest BCUT2D eigenvalue weighted by molar-refractivity contribution is -0.138. The quantitative estimate of drug-likeness (QED) is 0.727. The van der Waals surface area contributed by atoms with Gasteiger partial charge in [0, 0.05) is 45.4 Å². The largest absolute Gasteiger partial charge is 0.471 e. The molecule has 2 aliphatic rings. The van der Waals surface area contributed by atoms with Crippen LogP contribution in [0.1, 0.15) is 19.3 Å². The lowest BCUT2D eigenvalue weighted by atomic mass is 10.0. The van der Waals surface area contributed by atoms with Gasteiger partial charge in [0.15, 0.2) is 5.82 Å². The van der Waals surface area contributed by atoms with Crippen LogP contribution in [0, 0.1) is 11.7 Å². The molecule has 3 heterocycles. The van der Waals surface area contributed by atoms with E-state index in [2.05, 4.69) is 10.2 Å². The second kappa shape index (κ2) is 8.87. The van der Waals surface area contributed by atoms with E-state index in [0.717, 1.165) is 18.7 Å². The Balaban J connectivity index is 1.36. The molecular formula is C22H26FN5O3. The molecule has 2 amide bonds. The molecule has 8 nitrogen and oxygen atoms in total. The molecule has 2 fully saturated rings. The predicted octanol–water partition coefficient (Wildman–Crippen LogP) is 2.10. The lowest BCUT2D eigenvalue weighted by Gasteiger charge is -2.34. The standard InChI is InChI=1S/C22H26FN5O3/c1-26(2)19-9-10-20(25-24-19)31-18-4-3-11-27(14-18)22(30)15-12-21(29)28(13-15)17-7-5-16(23)6-8-17/h5-10,15,18H,3-4,11-14H2,1-2H3. The van der Waals surface area contributed by atoms with Crippen LogP contribution in [0.2, 0.25) is 0 Å². The molecule has 2 unspecified atom stereocenters. The van der Waals surface area contributed by atoms with Gasteiger partial charge in [-0.3, -0.25) is 9.59 Å². The molecule has 31 heavy (non-hydrogen) atoms. The van der Waals surface area contributed by atoms with Crippen molar-refractivity contribution in [1.29, 1.82) is 0 Å². The Bertz CT molecular complexity index is 935. The zero-order valence-electron chi connectivity index (χ0n) is 17.7. The number of anilines is 2. The first-order valence-electron chi connectivity index (χ1n) is 10.4. The summed E-state index contributed by atoms with van der Waals surface area (Å²) in [5.74, 6) is 0.248. The van der Waals surface area contributed by atoms with Crippen molar-refractivity contribution in [1.82, 2.24) is 15.1 Å². The molecule has 2 atom stereocenters. The maximum Gasteiger partial charge on any atom is 0.233 e. The maximum absolute atomic E-state index is 13.2. The van der Waals surface area contributed by atoms with Gasteiger partial charge in [-0.1, -0.05) is 0 Å². The SMILES string of the molecule is CN(C)c1ccc(OC2CCCN(C(=O)C3CC(=O)N(c4ccc(F)cc4)C3)C2)nn1. The van der Waals surface area contributed by atoms with Crippen molar-refractivity contribution in [3.8, 4) is 5.88 Å². The van der Waals surface area contributed by atoms with Crippen LogP contribution in [0.5, 0.6) is 5.88 Å². The summed E-state index contributed by atoms with van der Waals surface area (Å²) in [6.45, 7) is 1.41. The van der Waals surface area contributed by atoms with Gasteiger partial charge in [-0.2, -0.15) is 0 Å². The first-order chi connectivity index (χ1) is 14.9. The topological polar surface area (TPSA) is 78.9 Å². The van der Waals surface area contributed by atoms with Gasteiger partial charge in [-0.15, -0.1) is 10.2 Å². The van der Waals surface area contributed by atoms with Gasteiger partial charge in [0.1, 0.15) is 11.9 Å². The molecule has 0 N–H and O–H groups in total. The van der Waals surface area contributed by atoms with Gasteiger partial charge >= 0.3 is 0 Å². The van der Waals surface area contributed by atoms with Crippen LogP contribution < -0.4 is 14.5 Å². The molecule has 2 aliphatic heterocycles. The Morgan fingerprint density at radius 3 is 2.58 bits per heavy atom. The molecule has 0 spiro atoms. The van der Waals surface area contributed by atoms with Crippen molar-refractivity contribution < 1.29 is 18.7 Å². The molecule has 1 aromatic heterocycles. The third-order valence-electron chi connectivity index (χ3n) is 5.67. The highest BCUT2D eigenvalue weighted by Gasteiger charge is 2.38. The van der Waals surface area contributed by atoms with E-state index in [0.29, 0.717) is 31.2 Å². The van der Waals surface area contributed by atoms with Crippen LogP contribution in [0.15, 0.2) is 36.4 Å². The molecule has 9 heteroatoms. The minimum Gasteiger partial charge on any atom is -0.471 e. The number of carbonyl (C=O) groups is 2. The van der Waals surface area contributed by atoms with Crippen LogP contribution in [0.25, 0.3) is 0 Å². The van der Waals surface area contributed by atoms with Gasteiger partial charge in [-0.05, 0) is 43.2 Å². The highest BCUT2D eigenvalue weighted by molar-refractivity contribution is 6.00. The Hall–Kier alpha value is -3.23. The Morgan fingerprint density at radius 1 is 1.13 bits per heavy atom. The van der Waals surface area contributed by atoms with Gasteiger partial charge in [0.25, 0.3) is 0 Å². The number of ether oxygens (including phenoxy) is 1. The van der Waals surface area contributed by atoms with Crippen LogP contribution in [-0.2, 0) is 9.59 Å². The number of hydrogen-bond donors (Lipinski definition) is 0. The summed E-state index contributed by atoms with van der Waals surface area (Å²) in [4.78, 5) is 30.7. The molecule has 0 saturated carbocycles. The number of hydrogen-bond acceptors (Lipinski definition) is 6. The van der Waals surface area contributed by atoms with Crippen molar-refractivity contribution in [2.75, 3.05) is 43.5 Å². The van der Waals surface area contributed by atoms with Crippen LogP contribution >= 0.6 is 0 Å². The number of aromatic nitrogens is 2. The predicted molar refractivity (Wildman–Crippen MR) is 113 cm³/mol.